The van der Waals surface area contributed by atoms with Crippen LogP contribution in [0.5, 0.6) is 0 Å². The van der Waals surface area contributed by atoms with Crippen LogP contribution < -0.4 is 4.57 Å². The summed E-state index contributed by atoms with van der Waals surface area (Å²) in [6.07, 6.45) is 34.3. The Balaban J connectivity index is 1.86. The van der Waals surface area contributed by atoms with Gasteiger partial charge in [-0.2, -0.15) is 0 Å². The van der Waals surface area contributed by atoms with Gasteiger partial charge in [0, 0.05) is 6.42 Å². The first kappa shape index (κ1) is 27.2. The molecule has 0 radical (unpaired) electrons. The van der Waals surface area contributed by atoms with Crippen LogP contribution in [0.3, 0.4) is 0 Å². The zero-order valence-electron chi connectivity index (χ0n) is 21.1. The van der Waals surface area contributed by atoms with Crippen LogP contribution >= 0.6 is 0 Å². The lowest BCUT2D eigenvalue weighted by atomic mass is 10.0. The minimum absolute atomic E-state index is 1.21. The van der Waals surface area contributed by atoms with E-state index in [-0.39, 0.29) is 0 Å². The number of hydrogen-bond donors (Lipinski definition) is 0. The lowest BCUT2D eigenvalue weighted by Crippen LogP contribution is -2.32. The zero-order chi connectivity index (χ0) is 21.7. The Labute approximate surface area is 189 Å². The van der Waals surface area contributed by atoms with E-state index in [0.29, 0.717) is 0 Å². The number of hydrogen-bond acceptors (Lipinski definition) is 0. The van der Waals surface area contributed by atoms with Gasteiger partial charge in [0.25, 0.3) is 5.82 Å². The van der Waals surface area contributed by atoms with Crippen molar-refractivity contribution in [3.8, 4) is 0 Å². The molecule has 0 saturated heterocycles. The minimum atomic E-state index is 1.21. The van der Waals surface area contributed by atoms with Crippen LogP contribution in [0, 0.1) is 0 Å². The van der Waals surface area contributed by atoms with E-state index in [1.54, 1.807) is 0 Å². The molecular weight excluding hydrogens is 364 g/mol. The molecule has 0 aliphatic rings. The van der Waals surface area contributed by atoms with Gasteiger partial charge in [-0.25, -0.2) is 9.13 Å². The van der Waals surface area contributed by atoms with Gasteiger partial charge in [-0.3, -0.25) is 0 Å². The Morgan fingerprint density at radius 3 is 1.43 bits per heavy atom. The number of aromatic nitrogens is 2. The monoisotopic (exact) mass is 419 g/mol. The molecule has 1 heterocycles. The van der Waals surface area contributed by atoms with Crippen molar-refractivity contribution in [2.75, 3.05) is 0 Å². The van der Waals surface area contributed by atoms with Gasteiger partial charge in [0.05, 0.1) is 13.6 Å². The average molecular weight is 420 g/mol. The molecule has 0 aromatic carbocycles. The van der Waals surface area contributed by atoms with Crippen LogP contribution in [0.1, 0.15) is 148 Å². The van der Waals surface area contributed by atoms with Crippen molar-refractivity contribution >= 4 is 0 Å². The number of aryl methyl sites for hydroxylation is 2. The molecule has 0 amide bonds. The van der Waals surface area contributed by atoms with Crippen molar-refractivity contribution in [1.29, 1.82) is 0 Å². The quantitative estimate of drug-likeness (QED) is 0.131. The molecule has 1 aromatic heterocycles. The Hall–Kier alpha value is -0.790. The van der Waals surface area contributed by atoms with Gasteiger partial charge in [-0.15, -0.1) is 0 Å². The first-order valence-electron chi connectivity index (χ1n) is 13.8. The van der Waals surface area contributed by atoms with Crippen LogP contribution in [-0.4, -0.2) is 4.57 Å². The first-order valence-corrected chi connectivity index (χ1v) is 13.8. The van der Waals surface area contributed by atoms with E-state index in [2.05, 4.69) is 42.4 Å². The number of imidazole rings is 1. The smallest absolute Gasteiger partial charge is 0.237 e. The maximum Gasteiger partial charge on any atom is 0.256 e. The highest BCUT2D eigenvalue weighted by Crippen LogP contribution is 2.14. The fraction of sp³-hybridized carbons (Fsp3) is 0.893. The van der Waals surface area contributed by atoms with Crippen molar-refractivity contribution in [3.05, 3.63) is 18.2 Å². The van der Waals surface area contributed by atoms with Gasteiger partial charge < -0.3 is 0 Å². The van der Waals surface area contributed by atoms with Crippen molar-refractivity contribution in [2.45, 2.75) is 155 Å². The predicted molar refractivity (Wildman–Crippen MR) is 133 cm³/mol. The van der Waals surface area contributed by atoms with Crippen LogP contribution in [0.15, 0.2) is 12.4 Å². The van der Waals surface area contributed by atoms with E-state index in [4.69, 9.17) is 0 Å². The summed E-state index contributed by atoms with van der Waals surface area (Å²) in [5, 5.41) is 0. The molecule has 2 heteroatoms. The molecule has 0 aliphatic carbocycles. The van der Waals surface area contributed by atoms with E-state index in [9.17, 15) is 0 Å². The summed E-state index contributed by atoms with van der Waals surface area (Å²) in [6.45, 7) is 5.80. The molecule has 1 rings (SSSR count). The summed E-state index contributed by atoms with van der Waals surface area (Å²) in [4.78, 5) is 0. The molecule has 0 aliphatic heterocycles. The molecule has 1 aromatic rings. The summed E-state index contributed by atoms with van der Waals surface area (Å²) in [5.74, 6) is 1.51. The summed E-state index contributed by atoms with van der Waals surface area (Å²) in [7, 11) is 2.20. The molecule has 0 bridgehead atoms. The van der Waals surface area contributed by atoms with Crippen molar-refractivity contribution in [3.63, 3.8) is 0 Å². The molecule has 176 valence electrons. The summed E-state index contributed by atoms with van der Waals surface area (Å²) in [6, 6.07) is 0. The Morgan fingerprint density at radius 1 is 0.567 bits per heavy atom. The number of nitrogens with zero attached hydrogens (tertiary/aromatic N) is 2. The Morgan fingerprint density at radius 2 is 0.967 bits per heavy atom. The molecular formula is C28H55N2+. The fourth-order valence-electron chi connectivity index (χ4n) is 4.62. The first-order chi connectivity index (χ1) is 14.8. The highest BCUT2D eigenvalue weighted by Gasteiger charge is 2.13. The molecule has 0 unspecified atom stereocenters. The average Bonchev–Trinajstić information content (AvgIpc) is 3.10. The second kappa shape index (κ2) is 20.1. The van der Waals surface area contributed by atoms with E-state index in [1.807, 2.05) is 0 Å². The standard InChI is InChI=1S/C28H55N2/c1-4-6-8-9-10-11-12-13-14-15-16-17-18-19-20-21-23-25-30-27-26-29(3)28(30)24-22-7-5-2/h26-27H,4-25H2,1-3H3/q+1. The molecule has 30 heavy (non-hydrogen) atoms. The predicted octanol–water partition coefficient (Wildman–Crippen LogP) is 8.70. The summed E-state index contributed by atoms with van der Waals surface area (Å²) >= 11 is 0. The summed E-state index contributed by atoms with van der Waals surface area (Å²) < 4.78 is 4.82. The third-order valence-electron chi connectivity index (χ3n) is 6.72. The van der Waals surface area contributed by atoms with Gasteiger partial charge in [-0.1, -0.05) is 123 Å². The summed E-state index contributed by atoms with van der Waals surface area (Å²) in [5.41, 5.74) is 0. The number of rotatable bonds is 22. The minimum Gasteiger partial charge on any atom is -0.237 e. The zero-order valence-corrected chi connectivity index (χ0v) is 21.1. The maximum atomic E-state index is 2.50. The number of unbranched alkanes of at least 4 members (excludes halogenated alkanes) is 18. The van der Waals surface area contributed by atoms with Gasteiger partial charge in [0.15, 0.2) is 0 Å². The molecule has 0 saturated carbocycles. The highest BCUT2D eigenvalue weighted by molar-refractivity contribution is 4.84. The van der Waals surface area contributed by atoms with Crippen molar-refractivity contribution in [2.24, 2.45) is 7.05 Å². The topological polar surface area (TPSA) is 8.81 Å². The fourth-order valence-corrected chi connectivity index (χ4v) is 4.62. The Kier molecular flexibility index (Phi) is 18.3. The van der Waals surface area contributed by atoms with Crippen molar-refractivity contribution < 1.29 is 4.57 Å². The third-order valence-corrected chi connectivity index (χ3v) is 6.72. The Bertz CT molecular complexity index is 477. The molecule has 0 fully saturated rings. The second-order valence-corrected chi connectivity index (χ2v) is 9.63. The lowest BCUT2D eigenvalue weighted by molar-refractivity contribution is -0.678. The van der Waals surface area contributed by atoms with E-state index in [0.717, 1.165) is 0 Å². The molecule has 0 N–H and O–H groups in total. The van der Waals surface area contributed by atoms with Crippen LogP contribution in [0.2, 0.25) is 0 Å². The van der Waals surface area contributed by atoms with Gasteiger partial charge in [-0.05, 0) is 19.3 Å². The lowest BCUT2D eigenvalue weighted by Gasteiger charge is -2.04. The van der Waals surface area contributed by atoms with Crippen molar-refractivity contribution in [1.82, 2.24) is 4.57 Å². The molecule has 0 atom stereocenters. The van der Waals surface area contributed by atoms with Crippen LogP contribution in [0.4, 0.5) is 0 Å². The van der Waals surface area contributed by atoms with Gasteiger partial charge >= 0.3 is 0 Å². The normalized spacial score (nSPS) is 11.4. The SMILES string of the molecule is CCCCCCCCCCCCCCCCCCCn1cc[n+](C)c1CCCCC. The van der Waals surface area contributed by atoms with E-state index in [1.165, 1.54) is 147 Å². The van der Waals surface area contributed by atoms with E-state index < -0.39 is 0 Å². The maximum absolute atomic E-state index is 2.50. The van der Waals surface area contributed by atoms with Gasteiger partial charge in [0.1, 0.15) is 12.4 Å². The molecule has 2 nitrogen and oxygen atoms in total. The third kappa shape index (κ3) is 14.3. The highest BCUT2D eigenvalue weighted by atomic mass is 15.1. The van der Waals surface area contributed by atoms with Crippen LogP contribution in [0.25, 0.3) is 0 Å². The van der Waals surface area contributed by atoms with E-state index >= 15 is 0 Å². The largest absolute Gasteiger partial charge is 0.256 e. The van der Waals surface area contributed by atoms with Gasteiger partial charge in [0.2, 0.25) is 0 Å². The molecule has 0 spiro atoms. The second-order valence-electron chi connectivity index (χ2n) is 9.63. The van der Waals surface area contributed by atoms with Crippen LogP contribution in [-0.2, 0) is 20.0 Å².